The third kappa shape index (κ3) is 2.89. The zero-order valence-corrected chi connectivity index (χ0v) is 14.3. The van der Waals surface area contributed by atoms with E-state index >= 15 is 0 Å². The third-order valence-corrected chi connectivity index (χ3v) is 4.28. The third-order valence-electron chi connectivity index (χ3n) is 4.04. The van der Waals surface area contributed by atoms with E-state index in [1.165, 1.54) is 6.07 Å². The molecule has 5 nitrogen and oxygen atoms in total. The Balaban J connectivity index is 1.89. The Bertz CT molecular complexity index is 1030. The number of para-hydroxylation sites is 3. The molecule has 4 rings (SSSR count). The highest BCUT2D eigenvalue weighted by Gasteiger charge is 2.25. The summed E-state index contributed by atoms with van der Waals surface area (Å²) in [7, 11) is 0. The first-order valence-electron chi connectivity index (χ1n) is 7.91. The number of nitrogens with zero attached hydrogens (tertiary/aromatic N) is 2. The van der Waals surface area contributed by atoms with Gasteiger partial charge in [0.2, 0.25) is 0 Å². The van der Waals surface area contributed by atoms with Crippen molar-refractivity contribution >= 4 is 34.4 Å². The first-order chi connectivity index (χ1) is 12.6. The summed E-state index contributed by atoms with van der Waals surface area (Å²) in [6.45, 7) is 0. The molecular formula is C20H13ClN2O3. The maximum Gasteiger partial charge on any atom is 0.280 e. The molecule has 0 fully saturated rings. The monoisotopic (exact) mass is 364 g/mol. The number of benzene rings is 3. The van der Waals surface area contributed by atoms with E-state index in [0.717, 1.165) is 11.4 Å². The van der Waals surface area contributed by atoms with Crippen LogP contribution >= 0.6 is 11.6 Å². The fourth-order valence-electron chi connectivity index (χ4n) is 2.88. The Hall–Kier alpha value is -3.31. The van der Waals surface area contributed by atoms with Gasteiger partial charge in [-0.2, -0.15) is 0 Å². The van der Waals surface area contributed by atoms with Crippen LogP contribution in [0.15, 0.2) is 79.0 Å². The van der Waals surface area contributed by atoms with Gasteiger partial charge in [0.1, 0.15) is 0 Å². The maximum atomic E-state index is 11.4. The molecule has 0 spiro atoms. The van der Waals surface area contributed by atoms with E-state index < -0.39 is 4.92 Å². The topological polar surface area (TPSA) is 55.6 Å². The Kier molecular flexibility index (Phi) is 4.07. The standard InChI is InChI=1S/C20H13ClN2O3/c21-14-6-5-7-15(12-14)22-13-20(26-19-11-4-3-10-18(19)22)16-8-1-2-9-17(16)23(24)25/h1-13H. The Morgan fingerprint density at radius 1 is 0.962 bits per heavy atom. The summed E-state index contributed by atoms with van der Waals surface area (Å²) in [6, 6.07) is 21.4. The first kappa shape index (κ1) is 16.2. The first-order valence-corrected chi connectivity index (χ1v) is 8.28. The van der Waals surface area contributed by atoms with Crippen molar-refractivity contribution in [2.45, 2.75) is 0 Å². The number of anilines is 2. The van der Waals surface area contributed by atoms with Gasteiger partial charge in [-0.1, -0.05) is 41.9 Å². The zero-order valence-electron chi connectivity index (χ0n) is 13.5. The summed E-state index contributed by atoms with van der Waals surface area (Å²) in [5.41, 5.74) is 2.07. The van der Waals surface area contributed by atoms with Gasteiger partial charge in [0.15, 0.2) is 11.5 Å². The van der Waals surface area contributed by atoms with Crippen LogP contribution in [0.1, 0.15) is 5.56 Å². The van der Waals surface area contributed by atoms with E-state index in [-0.39, 0.29) is 5.69 Å². The van der Waals surface area contributed by atoms with Crippen LogP contribution in [-0.4, -0.2) is 4.92 Å². The largest absolute Gasteiger partial charge is 0.453 e. The minimum Gasteiger partial charge on any atom is -0.453 e. The Labute approximate surface area is 154 Å². The number of fused-ring (bicyclic) bond motifs is 1. The lowest BCUT2D eigenvalue weighted by Crippen LogP contribution is -2.17. The Morgan fingerprint density at radius 2 is 1.73 bits per heavy atom. The molecule has 0 saturated heterocycles. The van der Waals surface area contributed by atoms with Crippen LogP contribution in [0.2, 0.25) is 5.02 Å². The van der Waals surface area contributed by atoms with Crippen LogP contribution in [-0.2, 0) is 0 Å². The maximum absolute atomic E-state index is 11.4. The van der Waals surface area contributed by atoms with Crippen molar-refractivity contribution in [1.82, 2.24) is 0 Å². The smallest absolute Gasteiger partial charge is 0.280 e. The summed E-state index contributed by atoms with van der Waals surface area (Å²) < 4.78 is 5.97. The van der Waals surface area contributed by atoms with Crippen molar-refractivity contribution in [2.24, 2.45) is 0 Å². The molecular weight excluding hydrogens is 352 g/mol. The molecule has 3 aromatic carbocycles. The van der Waals surface area contributed by atoms with Crippen LogP contribution in [0, 0.1) is 10.1 Å². The van der Waals surface area contributed by atoms with Gasteiger partial charge >= 0.3 is 0 Å². The van der Waals surface area contributed by atoms with Crippen LogP contribution in [0.5, 0.6) is 5.75 Å². The van der Waals surface area contributed by atoms with Gasteiger partial charge in [-0.05, 0) is 36.4 Å². The number of rotatable bonds is 3. The molecule has 26 heavy (non-hydrogen) atoms. The van der Waals surface area contributed by atoms with E-state index in [1.54, 1.807) is 30.5 Å². The molecule has 0 amide bonds. The normalized spacial score (nSPS) is 12.8. The quantitative estimate of drug-likeness (QED) is 0.437. The number of ether oxygens (including phenoxy) is 1. The van der Waals surface area contributed by atoms with E-state index in [1.807, 2.05) is 47.4 Å². The van der Waals surface area contributed by atoms with E-state index in [0.29, 0.717) is 22.1 Å². The van der Waals surface area contributed by atoms with Crippen LogP contribution in [0.3, 0.4) is 0 Å². The number of halogens is 1. The molecule has 0 atom stereocenters. The summed E-state index contributed by atoms with van der Waals surface area (Å²) in [4.78, 5) is 12.9. The number of hydrogen-bond acceptors (Lipinski definition) is 4. The lowest BCUT2D eigenvalue weighted by molar-refractivity contribution is -0.385. The van der Waals surface area contributed by atoms with Gasteiger partial charge in [-0.3, -0.25) is 10.1 Å². The highest BCUT2D eigenvalue weighted by molar-refractivity contribution is 6.30. The second-order valence-corrected chi connectivity index (χ2v) is 6.12. The number of nitro groups is 1. The zero-order chi connectivity index (χ0) is 18.1. The summed E-state index contributed by atoms with van der Waals surface area (Å²) in [5.74, 6) is 1.01. The van der Waals surface area contributed by atoms with Gasteiger partial charge in [0.05, 0.1) is 22.4 Å². The molecule has 1 aliphatic rings. The minimum absolute atomic E-state index is 0.0100. The lowest BCUT2D eigenvalue weighted by Gasteiger charge is -2.29. The fourth-order valence-corrected chi connectivity index (χ4v) is 3.06. The second kappa shape index (κ2) is 6.54. The molecule has 0 aromatic heterocycles. The second-order valence-electron chi connectivity index (χ2n) is 5.69. The summed E-state index contributed by atoms with van der Waals surface area (Å²) in [5, 5.41) is 12.0. The van der Waals surface area contributed by atoms with Crippen molar-refractivity contribution in [3.8, 4) is 5.75 Å². The predicted octanol–water partition coefficient (Wildman–Crippen LogP) is 5.78. The van der Waals surface area contributed by atoms with Gasteiger partial charge in [0, 0.05) is 16.8 Å². The Morgan fingerprint density at radius 3 is 2.54 bits per heavy atom. The SMILES string of the molecule is O=[N+]([O-])c1ccccc1C1=CN(c2cccc(Cl)c2)c2ccccc2O1. The number of hydrogen-bond donors (Lipinski definition) is 0. The van der Waals surface area contributed by atoms with Gasteiger partial charge in [-0.15, -0.1) is 0 Å². The summed E-state index contributed by atoms with van der Waals surface area (Å²) in [6.07, 6.45) is 1.75. The average Bonchev–Trinajstić information content (AvgIpc) is 2.67. The average molecular weight is 365 g/mol. The molecule has 0 bridgehead atoms. The molecule has 3 aromatic rings. The molecule has 0 N–H and O–H groups in total. The van der Waals surface area contributed by atoms with Crippen molar-refractivity contribution in [2.75, 3.05) is 4.90 Å². The van der Waals surface area contributed by atoms with Crippen molar-refractivity contribution in [3.63, 3.8) is 0 Å². The highest BCUT2D eigenvalue weighted by Crippen LogP contribution is 2.42. The molecule has 1 aliphatic heterocycles. The van der Waals surface area contributed by atoms with Gasteiger partial charge in [0.25, 0.3) is 5.69 Å². The van der Waals surface area contributed by atoms with Gasteiger partial charge < -0.3 is 9.64 Å². The van der Waals surface area contributed by atoms with Crippen LogP contribution in [0.25, 0.3) is 5.76 Å². The molecule has 0 aliphatic carbocycles. The van der Waals surface area contributed by atoms with Crippen LogP contribution < -0.4 is 9.64 Å². The molecule has 0 saturated carbocycles. The molecule has 0 unspecified atom stereocenters. The van der Waals surface area contributed by atoms with Gasteiger partial charge in [-0.25, -0.2) is 0 Å². The molecule has 6 heteroatoms. The van der Waals surface area contributed by atoms with E-state index in [9.17, 15) is 10.1 Å². The van der Waals surface area contributed by atoms with Crippen molar-refractivity contribution in [3.05, 3.63) is 99.7 Å². The van der Waals surface area contributed by atoms with E-state index in [4.69, 9.17) is 16.3 Å². The van der Waals surface area contributed by atoms with Crippen molar-refractivity contribution in [1.29, 1.82) is 0 Å². The van der Waals surface area contributed by atoms with Crippen LogP contribution in [0.4, 0.5) is 17.1 Å². The minimum atomic E-state index is -0.413. The molecule has 128 valence electrons. The predicted molar refractivity (Wildman–Crippen MR) is 102 cm³/mol. The van der Waals surface area contributed by atoms with E-state index in [2.05, 4.69) is 0 Å². The lowest BCUT2D eigenvalue weighted by atomic mass is 10.1. The molecule has 1 heterocycles. The highest BCUT2D eigenvalue weighted by atomic mass is 35.5. The van der Waals surface area contributed by atoms with Crippen molar-refractivity contribution < 1.29 is 9.66 Å². The molecule has 0 radical (unpaired) electrons. The number of nitro benzene ring substituents is 1. The fraction of sp³-hybridized carbons (Fsp3) is 0. The summed E-state index contributed by atoms with van der Waals surface area (Å²) >= 11 is 6.14.